The number of aromatic nitrogens is 7. The summed E-state index contributed by atoms with van der Waals surface area (Å²) in [6.07, 6.45) is 5.95. The number of likely N-dealkylation sites (tertiary alicyclic amines) is 1. The highest BCUT2D eigenvalue weighted by Crippen LogP contribution is 2.27. The van der Waals surface area contributed by atoms with Crippen LogP contribution in [0.15, 0.2) is 36.8 Å². The Morgan fingerprint density at radius 3 is 2.44 bits per heavy atom. The molecule has 1 saturated heterocycles. The molecule has 0 radical (unpaired) electrons. The van der Waals surface area contributed by atoms with Crippen molar-refractivity contribution in [1.29, 1.82) is 0 Å². The first-order chi connectivity index (χ1) is 17.4. The minimum absolute atomic E-state index is 0.0456. The lowest BCUT2D eigenvalue weighted by Crippen LogP contribution is -2.43. The highest BCUT2D eigenvalue weighted by Gasteiger charge is 2.34. The summed E-state index contributed by atoms with van der Waals surface area (Å²) in [5, 5.41) is 21.3. The lowest BCUT2D eigenvalue weighted by molar-refractivity contribution is -0.119. The fourth-order valence-corrected chi connectivity index (χ4v) is 3.71. The van der Waals surface area contributed by atoms with E-state index >= 15 is 0 Å². The number of nitrogens with zero attached hydrogens (tertiary/aromatic N) is 8. The quantitative estimate of drug-likeness (QED) is 0.375. The van der Waals surface area contributed by atoms with Gasteiger partial charge < -0.3 is 10.6 Å². The Morgan fingerprint density at radius 2 is 1.72 bits per heavy atom. The molecule has 1 aliphatic heterocycles. The van der Waals surface area contributed by atoms with Crippen LogP contribution in [0.3, 0.4) is 0 Å². The summed E-state index contributed by atoms with van der Waals surface area (Å²) in [5.74, 6) is -2.94. The predicted octanol–water partition coefficient (Wildman–Crippen LogP) is 1.34. The minimum atomic E-state index is -2.64. The van der Waals surface area contributed by atoms with Crippen LogP contribution < -0.4 is 10.6 Å². The van der Waals surface area contributed by atoms with Gasteiger partial charge in [-0.3, -0.25) is 28.8 Å². The van der Waals surface area contributed by atoms with Gasteiger partial charge in [-0.15, -0.1) is 10.2 Å². The molecule has 0 saturated carbocycles. The smallest absolute Gasteiger partial charge is 0.273 e. The molecule has 0 unspecified atom stereocenters. The molecular weight excluding hydrogens is 474 g/mol. The molecular formula is C22H28F2N10O2. The number of alkyl halides is 2. The van der Waals surface area contributed by atoms with Gasteiger partial charge in [0.1, 0.15) is 0 Å². The number of rotatable bonds is 11. The van der Waals surface area contributed by atoms with E-state index in [1.807, 2.05) is 18.2 Å². The molecule has 1 fully saturated rings. The molecule has 3 aromatic heterocycles. The largest absolute Gasteiger partial charge is 0.345 e. The van der Waals surface area contributed by atoms with Crippen molar-refractivity contribution in [2.24, 2.45) is 0 Å². The molecule has 0 atom stereocenters. The number of carbonyl (C=O) groups excluding carboxylic acids is 2. The van der Waals surface area contributed by atoms with Gasteiger partial charge in [-0.2, -0.15) is 0 Å². The highest BCUT2D eigenvalue weighted by atomic mass is 19.3. The Labute approximate surface area is 206 Å². The van der Waals surface area contributed by atoms with Crippen LogP contribution in [-0.2, 0) is 24.4 Å². The summed E-state index contributed by atoms with van der Waals surface area (Å²) in [6, 6.07) is 5.48. The molecule has 36 heavy (non-hydrogen) atoms. The van der Waals surface area contributed by atoms with Crippen LogP contribution in [0.5, 0.6) is 0 Å². The third-order valence-corrected chi connectivity index (χ3v) is 5.71. The van der Waals surface area contributed by atoms with Gasteiger partial charge in [0.15, 0.2) is 11.5 Å². The second kappa shape index (κ2) is 11.7. The lowest BCUT2D eigenvalue weighted by Gasteiger charge is -2.30. The van der Waals surface area contributed by atoms with Crippen molar-refractivity contribution >= 4 is 17.6 Å². The molecule has 0 spiro atoms. The standard InChI is InChI=1S/C22H28F2N10O2/c23-22(24)6-11-32(12-7-22)16-20(35)27-19-15-34(31-29-19)10-4-3-9-33-14-18(28-30-33)21(36)26-13-17-5-1-2-8-25-17/h1-2,5,8,14-15H,3-4,6-7,9-13,16H2,(H,26,36)(H,27,35). The molecule has 2 amide bonds. The number of hydrogen-bond donors (Lipinski definition) is 2. The molecule has 4 heterocycles. The van der Waals surface area contributed by atoms with Crippen molar-refractivity contribution in [3.8, 4) is 0 Å². The van der Waals surface area contributed by atoms with Crippen LogP contribution in [-0.4, -0.2) is 77.2 Å². The lowest BCUT2D eigenvalue weighted by atomic mass is 10.1. The first-order valence-electron chi connectivity index (χ1n) is 11.7. The number of amides is 2. The van der Waals surface area contributed by atoms with E-state index in [0.717, 1.165) is 18.5 Å². The molecule has 0 aromatic carbocycles. The van der Waals surface area contributed by atoms with Crippen molar-refractivity contribution in [2.45, 2.75) is 51.2 Å². The van der Waals surface area contributed by atoms with Gasteiger partial charge in [0.25, 0.3) is 11.8 Å². The number of halogens is 2. The second-order valence-corrected chi connectivity index (χ2v) is 8.62. The van der Waals surface area contributed by atoms with E-state index in [1.54, 1.807) is 32.9 Å². The van der Waals surface area contributed by atoms with Crippen molar-refractivity contribution < 1.29 is 18.4 Å². The van der Waals surface area contributed by atoms with Crippen molar-refractivity contribution in [3.05, 3.63) is 48.2 Å². The molecule has 1 aliphatic rings. The average molecular weight is 503 g/mol. The molecule has 0 bridgehead atoms. The fourth-order valence-electron chi connectivity index (χ4n) is 3.71. The second-order valence-electron chi connectivity index (χ2n) is 8.62. The summed E-state index contributed by atoms with van der Waals surface area (Å²) in [6.45, 7) is 1.89. The van der Waals surface area contributed by atoms with Crippen LogP contribution in [0.25, 0.3) is 0 Å². The van der Waals surface area contributed by atoms with E-state index < -0.39 is 5.92 Å². The molecule has 4 rings (SSSR count). The van der Waals surface area contributed by atoms with Crippen LogP contribution >= 0.6 is 0 Å². The zero-order valence-electron chi connectivity index (χ0n) is 19.7. The van der Waals surface area contributed by atoms with Gasteiger partial charge >= 0.3 is 0 Å². The Morgan fingerprint density at radius 1 is 1.00 bits per heavy atom. The first-order valence-corrected chi connectivity index (χ1v) is 11.7. The van der Waals surface area contributed by atoms with Crippen LogP contribution in [0.2, 0.25) is 0 Å². The Kier molecular flexibility index (Phi) is 8.25. The van der Waals surface area contributed by atoms with Gasteiger partial charge in [-0.05, 0) is 25.0 Å². The maximum Gasteiger partial charge on any atom is 0.273 e. The van der Waals surface area contributed by atoms with Gasteiger partial charge in [0.05, 0.1) is 31.2 Å². The normalized spacial score (nSPS) is 15.5. The van der Waals surface area contributed by atoms with Gasteiger partial charge in [-0.1, -0.05) is 16.5 Å². The molecule has 14 heteroatoms. The number of hydrogen-bond acceptors (Lipinski definition) is 8. The number of pyridine rings is 1. The molecule has 3 aromatic rings. The molecule has 192 valence electrons. The third-order valence-electron chi connectivity index (χ3n) is 5.71. The zero-order valence-corrected chi connectivity index (χ0v) is 19.7. The average Bonchev–Trinajstić information content (AvgIpc) is 3.52. The van der Waals surface area contributed by atoms with E-state index in [-0.39, 0.29) is 50.0 Å². The molecule has 2 N–H and O–H groups in total. The predicted molar refractivity (Wildman–Crippen MR) is 124 cm³/mol. The van der Waals surface area contributed by atoms with E-state index in [4.69, 9.17) is 0 Å². The summed E-state index contributed by atoms with van der Waals surface area (Å²) in [5.41, 5.74) is 0.990. The number of aryl methyl sites for hydroxylation is 2. The van der Waals surface area contributed by atoms with Crippen molar-refractivity contribution in [3.63, 3.8) is 0 Å². The maximum absolute atomic E-state index is 13.2. The summed E-state index contributed by atoms with van der Waals surface area (Å²) >= 11 is 0. The summed E-state index contributed by atoms with van der Waals surface area (Å²) in [7, 11) is 0. The van der Waals surface area contributed by atoms with Crippen LogP contribution in [0.1, 0.15) is 41.9 Å². The van der Waals surface area contributed by atoms with E-state index in [2.05, 4.69) is 36.2 Å². The summed E-state index contributed by atoms with van der Waals surface area (Å²) in [4.78, 5) is 30.3. The Balaban J connectivity index is 1.12. The van der Waals surface area contributed by atoms with Gasteiger partial charge in [0.2, 0.25) is 5.91 Å². The topological polar surface area (TPSA) is 136 Å². The monoisotopic (exact) mass is 502 g/mol. The van der Waals surface area contributed by atoms with Gasteiger partial charge in [-0.25, -0.2) is 8.78 Å². The highest BCUT2D eigenvalue weighted by molar-refractivity contribution is 5.92. The van der Waals surface area contributed by atoms with E-state index in [1.165, 1.54) is 0 Å². The van der Waals surface area contributed by atoms with Gasteiger partial charge in [0, 0.05) is 45.2 Å². The summed E-state index contributed by atoms with van der Waals surface area (Å²) < 4.78 is 29.7. The van der Waals surface area contributed by atoms with Crippen LogP contribution in [0.4, 0.5) is 14.6 Å². The third kappa shape index (κ3) is 7.60. The molecule has 12 nitrogen and oxygen atoms in total. The van der Waals surface area contributed by atoms with E-state index in [0.29, 0.717) is 25.5 Å². The Hall–Kier alpha value is -3.81. The zero-order chi connectivity index (χ0) is 25.4. The van der Waals surface area contributed by atoms with Crippen molar-refractivity contribution in [1.82, 2.24) is 45.2 Å². The fraction of sp³-hybridized carbons (Fsp3) is 0.500. The van der Waals surface area contributed by atoms with Crippen molar-refractivity contribution in [2.75, 3.05) is 25.0 Å². The SMILES string of the molecule is O=C(CN1CCC(F)(F)CC1)Nc1cn(CCCCn2cc(C(=O)NCc3ccccn3)nn2)nn1. The van der Waals surface area contributed by atoms with Crippen LogP contribution in [0, 0.1) is 0 Å². The Bertz CT molecular complexity index is 1140. The number of piperidine rings is 1. The maximum atomic E-state index is 13.2. The number of anilines is 1. The molecule has 0 aliphatic carbocycles. The first kappa shape index (κ1) is 25.3. The number of carbonyl (C=O) groups is 2. The van der Waals surface area contributed by atoms with E-state index in [9.17, 15) is 18.4 Å². The number of unbranched alkanes of at least 4 members (excludes halogenated alkanes) is 1. The minimum Gasteiger partial charge on any atom is -0.345 e. The number of nitrogens with one attached hydrogen (secondary N) is 2.